The molecule has 0 radical (unpaired) electrons. The molecule has 90 valence electrons. The third-order valence-electron chi connectivity index (χ3n) is 3.13. The molecule has 0 bridgehead atoms. The van der Waals surface area contributed by atoms with E-state index in [9.17, 15) is 0 Å². The van der Waals surface area contributed by atoms with Crippen molar-refractivity contribution in [3.05, 3.63) is 33.8 Å². The highest BCUT2D eigenvalue weighted by Crippen LogP contribution is 2.32. The Hall–Kier alpha value is 0.0500. The van der Waals surface area contributed by atoms with E-state index in [1.165, 1.54) is 18.4 Å². The summed E-state index contributed by atoms with van der Waals surface area (Å²) in [5, 5.41) is 4.78. The molecule has 1 aromatic rings. The summed E-state index contributed by atoms with van der Waals surface area (Å²) in [5.41, 5.74) is 1.30. The second-order valence-corrected chi connectivity index (χ2v) is 4.98. The minimum atomic E-state index is 0. The predicted molar refractivity (Wildman–Crippen MR) is 73.1 cm³/mol. The summed E-state index contributed by atoms with van der Waals surface area (Å²) >= 11 is 11.9. The molecule has 1 saturated heterocycles. The van der Waals surface area contributed by atoms with E-state index in [0.29, 0.717) is 22.0 Å². The number of nitrogens with one attached hydrogen (secondary N) is 1. The second-order valence-electron chi connectivity index (χ2n) is 4.17. The molecule has 0 spiro atoms. The average Bonchev–Trinajstić information content (AvgIpc) is 2.23. The van der Waals surface area contributed by atoms with Gasteiger partial charge in [-0.2, -0.15) is 0 Å². The van der Waals surface area contributed by atoms with E-state index in [1.54, 1.807) is 0 Å². The van der Waals surface area contributed by atoms with Crippen LogP contribution in [0, 0.1) is 0 Å². The van der Waals surface area contributed by atoms with Gasteiger partial charge in [-0.05, 0) is 49.9 Å². The van der Waals surface area contributed by atoms with Crippen molar-refractivity contribution >= 4 is 35.6 Å². The molecule has 2 atom stereocenters. The SMILES string of the molecule is CC1NCCCC1c1ccc(Cl)c(Cl)c1.Cl. The number of benzene rings is 1. The second kappa shape index (κ2) is 6.11. The largest absolute Gasteiger partial charge is 0.314 e. The van der Waals surface area contributed by atoms with Gasteiger partial charge in [0, 0.05) is 6.04 Å². The van der Waals surface area contributed by atoms with Gasteiger partial charge >= 0.3 is 0 Å². The van der Waals surface area contributed by atoms with Gasteiger partial charge in [0.05, 0.1) is 10.0 Å². The maximum atomic E-state index is 6.03. The van der Waals surface area contributed by atoms with Gasteiger partial charge in [-0.15, -0.1) is 12.4 Å². The molecule has 0 saturated carbocycles. The zero-order valence-corrected chi connectivity index (χ0v) is 11.5. The Kier molecular flexibility index (Phi) is 5.39. The number of rotatable bonds is 1. The van der Waals surface area contributed by atoms with Gasteiger partial charge in [-0.1, -0.05) is 29.3 Å². The summed E-state index contributed by atoms with van der Waals surface area (Å²) in [5.74, 6) is 0.563. The Bertz CT molecular complexity index is 354. The zero-order chi connectivity index (χ0) is 10.8. The molecular weight excluding hydrogens is 264 g/mol. The molecule has 16 heavy (non-hydrogen) atoms. The van der Waals surface area contributed by atoms with Crippen LogP contribution in [-0.4, -0.2) is 12.6 Å². The van der Waals surface area contributed by atoms with Crippen molar-refractivity contribution in [2.75, 3.05) is 6.54 Å². The number of hydrogen-bond acceptors (Lipinski definition) is 1. The summed E-state index contributed by atoms with van der Waals surface area (Å²) in [4.78, 5) is 0. The van der Waals surface area contributed by atoms with Crippen LogP contribution in [0.2, 0.25) is 10.0 Å². The number of piperidine rings is 1. The van der Waals surface area contributed by atoms with E-state index in [-0.39, 0.29) is 12.4 Å². The third-order valence-corrected chi connectivity index (χ3v) is 3.87. The minimum Gasteiger partial charge on any atom is -0.314 e. The third kappa shape index (κ3) is 3.04. The summed E-state index contributed by atoms with van der Waals surface area (Å²) in [7, 11) is 0. The topological polar surface area (TPSA) is 12.0 Å². The molecule has 1 aliphatic heterocycles. The maximum Gasteiger partial charge on any atom is 0.0595 e. The number of hydrogen-bond donors (Lipinski definition) is 1. The van der Waals surface area contributed by atoms with Crippen molar-refractivity contribution in [2.24, 2.45) is 0 Å². The normalized spacial score (nSPS) is 24.9. The van der Waals surface area contributed by atoms with Crippen molar-refractivity contribution < 1.29 is 0 Å². The Balaban J connectivity index is 0.00000128. The minimum absolute atomic E-state index is 0. The van der Waals surface area contributed by atoms with Gasteiger partial charge in [0.25, 0.3) is 0 Å². The van der Waals surface area contributed by atoms with Crippen molar-refractivity contribution in [3.8, 4) is 0 Å². The van der Waals surface area contributed by atoms with Crippen molar-refractivity contribution in [2.45, 2.75) is 31.7 Å². The summed E-state index contributed by atoms with van der Waals surface area (Å²) in [6.07, 6.45) is 2.46. The van der Waals surface area contributed by atoms with Crippen LogP contribution in [0.1, 0.15) is 31.2 Å². The van der Waals surface area contributed by atoms with E-state index in [1.807, 2.05) is 12.1 Å². The van der Waals surface area contributed by atoms with Crippen LogP contribution in [0.15, 0.2) is 18.2 Å². The lowest BCUT2D eigenvalue weighted by Crippen LogP contribution is -2.37. The highest BCUT2D eigenvalue weighted by atomic mass is 35.5. The molecule has 1 heterocycles. The molecule has 1 aliphatic rings. The Morgan fingerprint density at radius 3 is 2.62 bits per heavy atom. The fourth-order valence-electron chi connectivity index (χ4n) is 2.24. The van der Waals surface area contributed by atoms with Crippen LogP contribution in [0.5, 0.6) is 0 Å². The van der Waals surface area contributed by atoms with Crippen LogP contribution >= 0.6 is 35.6 Å². The van der Waals surface area contributed by atoms with Crippen LogP contribution in [0.4, 0.5) is 0 Å². The lowest BCUT2D eigenvalue weighted by molar-refractivity contribution is 0.371. The molecular formula is C12H16Cl3N. The first-order valence-corrected chi connectivity index (χ1v) is 6.12. The lowest BCUT2D eigenvalue weighted by atomic mass is 9.86. The highest BCUT2D eigenvalue weighted by Gasteiger charge is 2.22. The molecule has 4 heteroatoms. The lowest BCUT2D eigenvalue weighted by Gasteiger charge is -2.30. The molecule has 2 unspecified atom stereocenters. The molecule has 2 rings (SSSR count). The number of halogens is 3. The Labute approximate surface area is 113 Å². The predicted octanol–water partition coefficient (Wildman–Crippen LogP) is 4.27. The fraction of sp³-hybridized carbons (Fsp3) is 0.500. The molecule has 1 N–H and O–H groups in total. The first kappa shape index (κ1) is 14.1. The summed E-state index contributed by atoms with van der Waals surface area (Å²) in [6, 6.07) is 6.50. The summed E-state index contributed by atoms with van der Waals surface area (Å²) < 4.78 is 0. The molecule has 1 aromatic carbocycles. The van der Waals surface area contributed by atoms with E-state index >= 15 is 0 Å². The highest BCUT2D eigenvalue weighted by molar-refractivity contribution is 6.42. The molecule has 0 aromatic heterocycles. The molecule has 1 nitrogen and oxygen atoms in total. The van der Waals surface area contributed by atoms with E-state index in [2.05, 4.69) is 18.3 Å². The van der Waals surface area contributed by atoms with E-state index in [4.69, 9.17) is 23.2 Å². The van der Waals surface area contributed by atoms with Crippen molar-refractivity contribution in [1.29, 1.82) is 0 Å². The first-order valence-electron chi connectivity index (χ1n) is 5.37. The maximum absolute atomic E-state index is 6.03. The van der Waals surface area contributed by atoms with Gasteiger partial charge in [0.15, 0.2) is 0 Å². The van der Waals surface area contributed by atoms with Gasteiger partial charge in [-0.3, -0.25) is 0 Å². The quantitative estimate of drug-likeness (QED) is 0.810. The van der Waals surface area contributed by atoms with Crippen LogP contribution in [-0.2, 0) is 0 Å². The van der Waals surface area contributed by atoms with E-state index < -0.39 is 0 Å². The van der Waals surface area contributed by atoms with Gasteiger partial charge in [-0.25, -0.2) is 0 Å². The molecule has 0 aliphatic carbocycles. The van der Waals surface area contributed by atoms with Crippen LogP contribution in [0.25, 0.3) is 0 Å². The first-order chi connectivity index (χ1) is 7.18. The van der Waals surface area contributed by atoms with Crippen molar-refractivity contribution in [3.63, 3.8) is 0 Å². The smallest absolute Gasteiger partial charge is 0.0595 e. The molecule has 0 amide bonds. The molecule has 1 fully saturated rings. The van der Waals surface area contributed by atoms with Crippen molar-refractivity contribution in [1.82, 2.24) is 5.32 Å². The fourth-order valence-corrected chi connectivity index (χ4v) is 2.55. The van der Waals surface area contributed by atoms with Crippen LogP contribution < -0.4 is 5.32 Å². The zero-order valence-electron chi connectivity index (χ0n) is 9.17. The van der Waals surface area contributed by atoms with Gasteiger partial charge < -0.3 is 5.32 Å². The monoisotopic (exact) mass is 279 g/mol. The summed E-state index contributed by atoms with van der Waals surface area (Å²) in [6.45, 7) is 3.35. The Morgan fingerprint density at radius 1 is 1.25 bits per heavy atom. The van der Waals surface area contributed by atoms with Gasteiger partial charge in [0.2, 0.25) is 0 Å². The Morgan fingerprint density at radius 2 is 2.00 bits per heavy atom. The van der Waals surface area contributed by atoms with E-state index in [0.717, 1.165) is 6.54 Å². The van der Waals surface area contributed by atoms with Crippen LogP contribution in [0.3, 0.4) is 0 Å². The van der Waals surface area contributed by atoms with Gasteiger partial charge in [0.1, 0.15) is 0 Å². The standard InChI is InChI=1S/C12H15Cl2N.ClH/c1-8-10(3-2-6-15-8)9-4-5-11(13)12(14)7-9;/h4-5,7-8,10,15H,2-3,6H2,1H3;1H. The average molecular weight is 281 g/mol.